The maximum atomic E-state index is 11.7. The van der Waals surface area contributed by atoms with Gasteiger partial charge in [-0.15, -0.1) is 0 Å². The van der Waals surface area contributed by atoms with E-state index in [2.05, 4.69) is 22.6 Å². The summed E-state index contributed by atoms with van der Waals surface area (Å²) in [5, 5.41) is 5.36. The minimum absolute atomic E-state index is 0.0105. The van der Waals surface area contributed by atoms with Crippen molar-refractivity contribution in [1.29, 1.82) is 0 Å². The second-order valence-electron chi connectivity index (χ2n) is 5.72. The Hall–Kier alpha value is -0.245. The lowest BCUT2D eigenvalue weighted by molar-refractivity contribution is -0.119. The molecule has 1 fully saturated rings. The first-order valence-corrected chi connectivity index (χ1v) is 10.6. The maximum Gasteiger partial charge on any atom is 0.232 e. The fourth-order valence-corrected chi connectivity index (χ4v) is 4.34. The molecule has 0 spiro atoms. The first-order valence-electron chi connectivity index (χ1n) is 8.15. The van der Waals surface area contributed by atoms with Crippen LogP contribution in [0.3, 0.4) is 0 Å². The molecule has 2 radical (unpaired) electrons. The van der Waals surface area contributed by atoms with Crippen LogP contribution in [0.15, 0.2) is 0 Å². The van der Waals surface area contributed by atoms with Crippen LogP contribution in [0, 0.1) is 12.0 Å². The molecule has 1 amide bonds. The molecule has 3 nitrogen and oxygen atoms in total. The molecular formula is C16H27BN2OS2. The minimum atomic E-state index is -0.411. The molecule has 0 aromatic rings. The van der Waals surface area contributed by atoms with Crippen LogP contribution in [-0.4, -0.2) is 38.9 Å². The molecule has 0 unspecified atom stereocenters. The van der Waals surface area contributed by atoms with Crippen molar-refractivity contribution >= 4 is 35.3 Å². The molecule has 22 heavy (non-hydrogen) atoms. The van der Waals surface area contributed by atoms with E-state index in [1.54, 1.807) is 21.6 Å². The molecule has 122 valence electrons. The normalized spacial score (nSPS) is 17.7. The molecule has 0 aromatic carbocycles. The summed E-state index contributed by atoms with van der Waals surface area (Å²) in [6.45, 7) is 0.994. The van der Waals surface area contributed by atoms with Crippen molar-refractivity contribution in [3.05, 3.63) is 0 Å². The molecule has 0 heterocycles. The van der Waals surface area contributed by atoms with E-state index in [4.69, 9.17) is 7.85 Å². The zero-order valence-corrected chi connectivity index (χ0v) is 15.2. The molecule has 0 atom stereocenters. The van der Waals surface area contributed by atoms with E-state index in [0.717, 1.165) is 43.7 Å². The van der Waals surface area contributed by atoms with E-state index in [9.17, 15) is 4.79 Å². The van der Waals surface area contributed by atoms with Crippen molar-refractivity contribution in [1.82, 2.24) is 10.6 Å². The van der Waals surface area contributed by atoms with Crippen LogP contribution in [0.5, 0.6) is 0 Å². The highest BCUT2D eigenvalue weighted by molar-refractivity contribution is 8.76. The minimum Gasteiger partial charge on any atom is -0.319 e. The van der Waals surface area contributed by atoms with Gasteiger partial charge in [-0.2, -0.15) is 0 Å². The van der Waals surface area contributed by atoms with Crippen LogP contribution in [-0.2, 0) is 4.79 Å². The first kappa shape index (κ1) is 19.8. The van der Waals surface area contributed by atoms with Gasteiger partial charge in [-0.25, -0.2) is 0 Å². The summed E-state index contributed by atoms with van der Waals surface area (Å²) in [5.74, 6) is 4.95. The van der Waals surface area contributed by atoms with Crippen molar-refractivity contribution in [2.45, 2.75) is 56.7 Å². The smallest absolute Gasteiger partial charge is 0.232 e. The van der Waals surface area contributed by atoms with Gasteiger partial charge in [0, 0.05) is 30.5 Å². The van der Waals surface area contributed by atoms with Crippen molar-refractivity contribution in [2.75, 3.05) is 25.1 Å². The Kier molecular flexibility index (Phi) is 11.0. The molecule has 1 saturated carbocycles. The zero-order chi connectivity index (χ0) is 16.1. The quantitative estimate of drug-likeness (QED) is 0.246. The Morgan fingerprint density at radius 1 is 1.14 bits per heavy atom. The van der Waals surface area contributed by atoms with Crippen LogP contribution in [0.1, 0.15) is 51.4 Å². The lowest BCUT2D eigenvalue weighted by atomic mass is 9.62. The third kappa shape index (κ3) is 9.71. The Labute approximate surface area is 144 Å². The summed E-state index contributed by atoms with van der Waals surface area (Å²) >= 11 is 0. The standard InChI is InChI=1S/C16H27BN2OS2/c1-18-12-14-22-21-13-7-15(20)19-11-10-16(17)8-5-3-2-4-6-9-16/h18H,2-9,12-14H2,1H3,(H,19,20). The first-order chi connectivity index (χ1) is 10.7. The van der Waals surface area contributed by atoms with E-state index in [1.807, 2.05) is 7.05 Å². The number of hydrogen-bond donors (Lipinski definition) is 2. The maximum absolute atomic E-state index is 11.7. The topological polar surface area (TPSA) is 41.1 Å². The predicted octanol–water partition coefficient (Wildman–Crippen LogP) is 3.13. The van der Waals surface area contributed by atoms with Gasteiger partial charge in [0.05, 0.1) is 7.85 Å². The lowest BCUT2D eigenvalue weighted by Gasteiger charge is -2.26. The molecule has 0 bridgehead atoms. The molecule has 2 N–H and O–H groups in total. The Morgan fingerprint density at radius 2 is 1.77 bits per heavy atom. The average Bonchev–Trinajstić information content (AvgIpc) is 2.47. The second-order valence-corrected chi connectivity index (χ2v) is 8.42. The van der Waals surface area contributed by atoms with Gasteiger partial charge in [0.1, 0.15) is 0 Å². The van der Waals surface area contributed by atoms with Crippen LogP contribution >= 0.6 is 21.6 Å². The van der Waals surface area contributed by atoms with Gasteiger partial charge in [-0.3, -0.25) is 10.1 Å². The summed E-state index contributed by atoms with van der Waals surface area (Å²) in [5.41, 5.74) is 0. The Balaban J connectivity index is 2.19. The summed E-state index contributed by atoms with van der Waals surface area (Å²) in [4.78, 5) is 11.7. The Morgan fingerprint density at radius 3 is 2.45 bits per heavy atom. The number of carbonyl (C=O) groups is 1. The highest BCUT2D eigenvalue weighted by atomic mass is 33.1. The predicted molar refractivity (Wildman–Crippen MR) is 100 cm³/mol. The molecule has 1 aliphatic rings. The van der Waals surface area contributed by atoms with Gasteiger partial charge in [-0.1, -0.05) is 59.6 Å². The summed E-state index contributed by atoms with van der Waals surface area (Å²) in [6, 6.07) is 2.80. The van der Waals surface area contributed by atoms with Gasteiger partial charge >= 0.3 is 0 Å². The zero-order valence-electron chi connectivity index (χ0n) is 13.6. The number of carbonyl (C=O) groups excluding carboxylic acids is 1. The molecular weight excluding hydrogens is 311 g/mol. The van der Waals surface area contributed by atoms with Gasteiger partial charge in [0.15, 0.2) is 0 Å². The molecule has 0 aliphatic heterocycles. The molecule has 1 aliphatic carbocycles. The second kappa shape index (κ2) is 12.2. The van der Waals surface area contributed by atoms with Crippen LogP contribution in [0.2, 0.25) is 5.31 Å². The third-order valence-corrected chi connectivity index (χ3v) is 6.10. The summed E-state index contributed by atoms with van der Waals surface area (Å²) in [6.07, 6.45) is 8.46. The molecule has 6 heteroatoms. The van der Waals surface area contributed by atoms with Gasteiger partial charge < -0.3 is 5.32 Å². The number of nitrogens with one attached hydrogen (secondary N) is 2. The van der Waals surface area contributed by atoms with Crippen LogP contribution < -0.4 is 10.6 Å². The number of amides is 1. The highest BCUT2D eigenvalue weighted by Crippen LogP contribution is 2.36. The van der Waals surface area contributed by atoms with E-state index >= 15 is 0 Å². The van der Waals surface area contributed by atoms with E-state index in [0.29, 0.717) is 6.42 Å². The number of rotatable bonds is 7. The fraction of sp³-hybridized carbons (Fsp3) is 0.812. The van der Waals surface area contributed by atoms with E-state index in [-0.39, 0.29) is 5.91 Å². The van der Waals surface area contributed by atoms with Crippen LogP contribution in [0.4, 0.5) is 0 Å². The van der Waals surface area contributed by atoms with Crippen molar-refractivity contribution in [3.63, 3.8) is 0 Å². The van der Waals surface area contributed by atoms with Crippen molar-refractivity contribution in [3.8, 4) is 12.0 Å². The van der Waals surface area contributed by atoms with Crippen molar-refractivity contribution in [2.24, 2.45) is 0 Å². The SMILES string of the molecule is [B]C1(C#CNC(=O)CCSSCCNC)CCCCCCC1. The Bertz CT molecular complexity index is 374. The average molecular weight is 338 g/mol. The van der Waals surface area contributed by atoms with E-state index in [1.165, 1.54) is 19.3 Å². The van der Waals surface area contributed by atoms with Gasteiger partial charge in [-0.05, 0) is 25.2 Å². The fourth-order valence-electron chi connectivity index (χ4n) is 2.35. The van der Waals surface area contributed by atoms with Crippen molar-refractivity contribution < 1.29 is 4.79 Å². The summed E-state index contributed by atoms with van der Waals surface area (Å²) in [7, 11) is 11.8. The van der Waals surface area contributed by atoms with E-state index < -0.39 is 5.31 Å². The van der Waals surface area contributed by atoms with Gasteiger partial charge in [0.25, 0.3) is 0 Å². The highest BCUT2D eigenvalue weighted by Gasteiger charge is 2.21. The lowest BCUT2D eigenvalue weighted by Crippen LogP contribution is -2.19. The van der Waals surface area contributed by atoms with Gasteiger partial charge in [0.2, 0.25) is 5.91 Å². The molecule has 0 aromatic heterocycles. The monoisotopic (exact) mass is 338 g/mol. The molecule has 0 saturated heterocycles. The van der Waals surface area contributed by atoms with Crippen LogP contribution in [0.25, 0.3) is 0 Å². The summed E-state index contributed by atoms with van der Waals surface area (Å²) < 4.78 is 0. The molecule has 1 rings (SSSR count). The third-order valence-electron chi connectivity index (χ3n) is 3.69. The number of hydrogen-bond acceptors (Lipinski definition) is 4. The largest absolute Gasteiger partial charge is 0.319 e.